The maximum Gasteiger partial charge on any atom is 0.418 e. The molecule has 0 bridgehead atoms. The van der Waals surface area contributed by atoms with E-state index in [0.717, 1.165) is 48.9 Å². The molecule has 0 atom stereocenters. The van der Waals surface area contributed by atoms with Crippen LogP contribution in [0.1, 0.15) is 49.1 Å². The highest BCUT2D eigenvalue weighted by Gasteiger charge is 2.35. The lowest BCUT2D eigenvalue weighted by Gasteiger charge is -2.30. The second-order valence-electron chi connectivity index (χ2n) is 11.5. The zero-order chi connectivity index (χ0) is 32.4. The Balaban J connectivity index is 1.08. The van der Waals surface area contributed by atoms with Crippen molar-refractivity contribution < 1.29 is 31.9 Å². The number of urea groups is 1. The number of carbonyl (C=O) groups excluding carboxylic acids is 2. The van der Waals surface area contributed by atoms with Crippen LogP contribution >= 0.6 is 0 Å². The summed E-state index contributed by atoms with van der Waals surface area (Å²) >= 11 is 0. The number of halogens is 4. The van der Waals surface area contributed by atoms with Gasteiger partial charge in [-0.05, 0) is 89.8 Å². The molecule has 2 aliphatic rings. The summed E-state index contributed by atoms with van der Waals surface area (Å²) in [6, 6.07) is 15.0. The molecule has 3 aromatic carbocycles. The lowest BCUT2D eigenvalue weighted by Crippen LogP contribution is -2.41. The van der Waals surface area contributed by atoms with Crippen molar-refractivity contribution in [1.29, 1.82) is 0 Å². The number of aromatic nitrogens is 4. The fourth-order valence-corrected chi connectivity index (χ4v) is 6.09. The zero-order valence-corrected chi connectivity index (χ0v) is 24.9. The molecule has 4 aromatic rings. The van der Waals surface area contributed by atoms with Gasteiger partial charge >= 0.3 is 12.2 Å². The average Bonchev–Trinajstić information content (AvgIpc) is 3.60. The van der Waals surface area contributed by atoms with Gasteiger partial charge in [-0.15, -0.1) is 5.10 Å². The predicted molar refractivity (Wildman–Crippen MR) is 162 cm³/mol. The molecule has 0 saturated heterocycles. The summed E-state index contributed by atoms with van der Waals surface area (Å²) in [7, 11) is 1.65. The topological polar surface area (TPSA) is 116 Å². The molecule has 0 spiro atoms. The van der Waals surface area contributed by atoms with Gasteiger partial charge < -0.3 is 10.1 Å². The van der Waals surface area contributed by atoms with Crippen LogP contribution in [0.5, 0.6) is 5.75 Å². The Labute approximate surface area is 261 Å². The van der Waals surface area contributed by atoms with E-state index in [4.69, 9.17) is 4.74 Å². The number of nitrogens with zero attached hydrogens (tertiary/aromatic N) is 5. The molecule has 10 nitrogen and oxygen atoms in total. The first-order valence-electron chi connectivity index (χ1n) is 14.9. The Morgan fingerprint density at radius 3 is 2.46 bits per heavy atom. The summed E-state index contributed by atoms with van der Waals surface area (Å²) < 4.78 is 59.7. The number of carbonyl (C=O) groups is 2. The van der Waals surface area contributed by atoms with Gasteiger partial charge in [0.05, 0.1) is 23.5 Å². The average molecular weight is 638 g/mol. The standard InChI is InChI=1S/C32H31F4N7O3/c1-42(30-38-40-41-39-30)29(44)16-19-2-4-20(5-3-19)21-6-8-22(9-7-21)23-10-13-27-28(17-23)46-15-14-43(27)31(45)37-26-12-11-24(33)18-25(26)32(34,35)36/h6-13,17-20H,2-5,14-16H2,1H3,(H,37,45)(H,38,39,40,41). The molecule has 1 saturated carbocycles. The molecule has 0 radical (unpaired) electrons. The Bertz CT molecular complexity index is 1710. The first kappa shape index (κ1) is 31.0. The minimum atomic E-state index is -4.84. The molecule has 14 heteroatoms. The van der Waals surface area contributed by atoms with Crippen molar-refractivity contribution in [2.45, 2.75) is 44.2 Å². The maximum atomic E-state index is 13.5. The van der Waals surface area contributed by atoms with Crippen molar-refractivity contribution in [1.82, 2.24) is 20.6 Å². The van der Waals surface area contributed by atoms with E-state index >= 15 is 0 Å². The molecule has 1 aliphatic carbocycles. The molecule has 3 amide bonds. The van der Waals surface area contributed by atoms with E-state index in [1.807, 2.05) is 18.2 Å². The number of hydrogen-bond acceptors (Lipinski definition) is 6. The lowest BCUT2D eigenvalue weighted by atomic mass is 9.77. The number of ether oxygens (including phenoxy) is 1. The second-order valence-corrected chi connectivity index (χ2v) is 11.5. The van der Waals surface area contributed by atoms with Gasteiger partial charge in [0.1, 0.15) is 18.2 Å². The van der Waals surface area contributed by atoms with Gasteiger partial charge in [0, 0.05) is 13.5 Å². The number of benzene rings is 3. The van der Waals surface area contributed by atoms with Crippen molar-refractivity contribution in [3.05, 3.63) is 77.6 Å². The first-order valence-corrected chi connectivity index (χ1v) is 14.9. The number of nitrogens with one attached hydrogen (secondary N) is 2. The van der Waals surface area contributed by atoms with Crippen LogP contribution < -0.4 is 19.9 Å². The minimum absolute atomic E-state index is 0.0320. The number of tetrazole rings is 1. The fraction of sp³-hybridized carbons (Fsp3) is 0.344. The smallest absolute Gasteiger partial charge is 0.418 e. The SMILES string of the molecule is CN(C(=O)CC1CCC(c2ccc(-c3ccc4c(c3)OCCN4C(=O)Nc3ccc(F)cc3C(F)(F)F)cc2)CC1)c1nn[nH]n1. The van der Waals surface area contributed by atoms with Crippen LogP contribution in [0.2, 0.25) is 0 Å². The second kappa shape index (κ2) is 12.8. The molecule has 2 N–H and O–H groups in total. The van der Waals surface area contributed by atoms with E-state index in [1.165, 1.54) is 15.4 Å². The van der Waals surface area contributed by atoms with Crippen LogP contribution in [-0.2, 0) is 11.0 Å². The zero-order valence-electron chi connectivity index (χ0n) is 24.9. The maximum absolute atomic E-state index is 13.5. The third kappa shape index (κ3) is 6.65. The third-order valence-corrected chi connectivity index (χ3v) is 8.63. The summed E-state index contributed by atoms with van der Waals surface area (Å²) in [6.07, 6.45) is -0.539. The molecular weight excluding hydrogens is 606 g/mol. The van der Waals surface area contributed by atoms with Crippen molar-refractivity contribution in [2.75, 3.05) is 35.3 Å². The molecular formula is C32H31F4N7O3. The van der Waals surface area contributed by atoms with E-state index < -0.39 is 29.3 Å². The monoisotopic (exact) mass is 637 g/mol. The van der Waals surface area contributed by atoms with Gasteiger partial charge in [-0.2, -0.15) is 18.4 Å². The lowest BCUT2D eigenvalue weighted by molar-refractivity contribution is -0.137. The first-order chi connectivity index (χ1) is 22.1. The molecule has 2 heterocycles. The molecule has 1 aromatic heterocycles. The summed E-state index contributed by atoms with van der Waals surface area (Å²) in [5.74, 6) is 0.304. The molecule has 6 rings (SSSR count). The van der Waals surface area contributed by atoms with Crippen LogP contribution in [0.4, 0.5) is 39.7 Å². The molecule has 1 fully saturated rings. The summed E-state index contributed by atoms with van der Waals surface area (Å²) in [5.41, 5.74) is 1.66. The van der Waals surface area contributed by atoms with Crippen LogP contribution in [0, 0.1) is 11.7 Å². The van der Waals surface area contributed by atoms with Crippen LogP contribution in [0.3, 0.4) is 0 Å². The Kier molecular flexibility index (Phi) is 8.61. The van der Waals surface area contributed by atoms with Crippen LogP contribution in [0.15, 0.2) is 60.7 Å². The molecule has 1 aliphatic heterocycles. The van der Waals surface area contributed by atoms with Crippen LogP contribution in [-0.4, -0.2) is 52.8 Å². The minimum Gasteiger partial charge on any atom is -0.490 e. The van der Waals surface area contributed by atoms with Crippen molar-refractivity contribution >= 4 is 29.3 Å². The van der Waals surface area contributed by atoms with Gasteiger partial charge in [0.25, 0.3) is 5.95 Å². The number of rotatable bonds is 6. The summed E-state index contributed by atoms with van der Waals surface area (Å²) in [4.78, 5) is 28.4. The Morgan fingerprint density at radius 2 is 1.76 bits per heavy atom. The van der Waals surface area contributed by atoms with Gasteiger partial charge in [0.2, 0.25) is 5.91 Å². The van der Waals surface area contributed by atoms with Gasteiger partial charge in [-0.3, -0.25) is 14.6 Å². The van der Waals surface area contributed by atoms with E-state index in [0.29, 0.717) is 35.8 Å². The number of aromatic amines is 1. The van der Waals surface area contributed by atoms with Crippen molar-refractivity contribution in [3.8, 4) is 16.9 Å². The van der Waals surface area contributed by atoms with E-state index in [9.17, 15) is 27.2 Å². The normalized spacial score (nSPS) is 18.0. The van der Waals surface area contributed by atoms with E-state index in [1.54, 1.807) is 19.2 Å². The number of amides is 3. The number of fused-ring (bicyclic) bond motifs is 1. The predicted octanol–water partition coefficient (Wildman–Crippen LogP) is 6.78. The third-order valence-electron chi connectivity index (χ3n) is 8.63. The van der Waals surface area contributed by atoms with Gasteiger partial charge in [-0.25, -0.2) is 9.18 Å². The molecule has 240 valence electrons. The largest absolute Gasteiger partial charge is 0.490 e. The fourth-order valence-electron chi connectivity index (χ4n) is 6.09. The van der Waals surface area contributed by atoms with E-state index in [2.05, 4.69) is 38.1 Å². The van der Waals surface area contributed by atoms with Gasteiger partial charge in [-0.1, -0.05) is 35.4 Å². The van der Waals surface area contributed by atoms with Crippen molar-refractivity contribution in [2.24, 2.45) is 5.92 Å². The number of anilines is 3. The van der Waals surface area contributed by atoms with Gasteiger partial charge in [0.15, 0.2) is 0 Å². The number of H-pyrrole nitrogens is 1. The highest BCUT2D eigenvalue weighted by Crippen LogP contribution is 2.40. The highest BCUT2D eigenvalue weighted by molar-refractivity contribution is 6.03. The highest BCUT2D eigenvalue weighted by atomic mass is 19.4. The quantitative estimate of drug-likeness (QED) is 0.225. The Hall–Kier alpha value is -5.01. The van der Waals surface area contributed by atoms with Crippen molar-refractivity contribution in [3.63, 3.8) is 0 Å². The van der Waals surface area contributed by atoms with E-state index in [-0.39, 0.29) is 25.0 Å². The van der Waals surface area contributed by atoms with Crippen LogP contribution in [0.25, 0.3) is 11.1 Å². The summed E-state index contributed by atoms with van der Waals surface area (Å²) in [5, 5.41) is 15.9. The summed E-state index contributed by atoms with van der Waals surface area (Å²) in [6.45, 7) is 0.279. The Morgan fingerprint density at radius 1 is 1.02 bits per heavy atom. The number of alkyl halides is 3. The molecule has 46 heavy (non-hydrogen) atoms. The number of hydrogen-bond donors (Lipinski definition) is 2. The molecule has 0 unspecified atom stereocenters.